The highest BCUT2D eigenvalue weighted by atomic mass is 79.9. The van der Waals surface area contributed by atoms with Gasteiger partial charge in [0.1, 0.15) is 16.0 Å². The molecule has 0 saturated heterocycles. The SMILES string of the molecule is COc1cc(C(=O)Nc2ccccc2C(C)C)cc(OC)c1Br. The third kappa shape index (κ3) is 3.85. The van der Waals surface area contributed by atoms with Crippen molar-refractivity contribution in [1.29, 1.82) is 0 Å². The van der Waals surface area contributed by atoms with E-state index in [2.05, 4.69) is 35.1 Å². The van der Waals surface area contributed by atoms with Crippen molar-refractivity contribution in [3.8, 4) is 11.5 Å². The Morgan fingerprint density at radius 2 is 1.65 bits per heavy atom. The lowest BCUT2D eigenvalue weighted by molar-refractivity contribution is 0.102. The van der Waals surface area contributed by atoms with Crippen LogP contribution in [-0.2, 0) is 0 Å². The number of rotatable bonds is 5. The zero-order valence-electron chi connectivity index (χ0n) is 13.6. The first-order chi connectivity index (χ1) is 11.0. The van der Waals surface area contributed by atoms with Crippen molar-refractivity contribution in [2.24, 2.45) is 0 Å². The van der Waals surface area contributed by atoms with Gasteiger partial charge in [-0.3, -0.25) is 4.79 Å². The standard InChI is InChI=1S/C18H20BrNO3/c1-11(2)13-7-5-6-8-14(13)20-18(21)12-9-15(22-3)17(19)16(10-12)23-4/h5-11H,1-4H3,(H,20,21). The van der Waals surface area contributed by atoms with E-state index >= 15 is 0 Å². The number of nitrogens with one attached hydrogen (secondary N) is 1. The minimum absolute atomic E-state index is 0.206. The van der Waals surface area contributed by atoms with E-state index in [0.717, 1.165) is 11.3 Å². The maximum atomic E-state index is 12.6. The van der Waals surface area contributed by atoms with Crippen molar-refractivity contribution < 1.29 is 14.3 Å². The monoisotopic (exact) mass is 377 g/mol. The van der Waals surface area contributed by atoms with Crippen LogP contribution in [0.5, 0.6) is 11.5 Å². The third-order valence-corrected chi connectivity index (χ3v) is 4.32. The van der Waals surface area contributed by atoms with E-state index < -0.39 is 0 Å². The molecule has 0 atom stereocenters. The van der Waals surface area contributed by atoms with E-state index in [1.54, 1.807) is 26.4 Å². The van der Waals surface area contributed by atoms with E-state index in [1.807, 2.05) is 24.3 Å². The van der Waals surface area contributed by atoms with E-state index in [1.165, 1.54) is 0 Å². The van der Waals surface area contributed by atoms with Crippen LogP contribution in [0.1, 0.15) is 35.7 Å². The molecule has 2 aromatic carbocycles. The van der Waals surface area contributed by atoms with Crippen molar-refractivity contribution in [2.45, 2.75) is 19.8 Å². The van der Waals surface area contributed by atoms with Crippen molar-refractivity contribution in [1.82, 2.24) is 0 Å². The Kier molecular flexibility index (Phi) is 5.66. The molecule has 0 spiro atoms. The molecule has 5 heteroatoms. The van der Waals surface area contributed by atoms with Gasteiger partial charge < -0.3 is 14.8 Å². The Balaban J connectivity index is 2.35. The van der Waals surface area contributed by atoms with Gasteiger partial charge in [0.05, 0.1) is 14.2 Å². The number of halogens is 1. The van der Waals surface area contributed by atoms with Crippen LogP contribution in [0, 0.1) is 0 Å². The number of amides is 1. The topological polar surface area (TPSA) is 47.6 Å². The van der Waals surface area contributed by atoms with E-state index in [0.29, 0.717) is 27.5 Å². The lowest BCUT2D eigenvalue weighted by Crippen LogP contribution is -2.14. The fraction of sp³-hybridized carbons (Fsp3) is 0.278. The molecular weight excluding hydrogens is 358 g/mol. The first-order valence-corrected chi connectivity index (χ1v) is 8.09. The summed E-state index contributed by atoms with van der Waals surface area (Å²) in [5, 5.41) is 2.96. The van der Waals surface area contributed by atoms with E-state index in [-0.39, 0.29) is 5.91 Å². The van der Waals surface area contributed by atoms with Gasteiger partial charge in [-0.25, -0.2) is 0 Å². The van der Waals surface area contributed by atoms with Gasteiger partial charge in [-0.1, -0.05) is 32.0 Å². The summed E-state index contributed by atoms with van der Waals surface area (Å²) in [6, 6.07) is 11.2. The Hall–Kier alpha value is -2.01. The molecule has 0 heterocycles. The van der Waals surface area contributed by atoms with Gasteiger partial charge in [-0.15, -0.1) is 0 Å². The number of carbonyl (C=O) groups is 1. The molecule has 1 amide bonds. The molecule has 2 aromatic rings. The average Bonchev–Trinajstić information content (AvgIpc) is 2.55. The molecule has 0 radical (unpaired) electrons. The van der Waals surface area contributed by atoms with E-state index in [4.69, 9.17) is 9.47 Å². The molecule has 0 bridgehead atoms. The maximum absolute atomic E-state index is 12.6. The number of para-hydroxylation sites is 1. The van der Waals surface area contributed by atoms with Gasteiger partial charge in [0.2, 0.25) is 0 Å². The molecule has 0 unspecified atom stereocenters. The molecule has 0 fully saturated rings. The van der Waals surface area contributed by atoms with Gasteiger partial charge in [0.15, 0.2) is 0 Å². The quantitative estimate of drug-likeness (QED) is 0.810. The first-order valence-electron chi connectivity index (χ1n) is 7.29. The Bertz CT molecular complexity index is 688. The number of hydrogen-bond donors (Lipinski definition) is 1. The lowest BCUT2D eigenvalue weighted by Gasteiger charge is -2.15. The summed E-state index contributed by atoms with van der Waals surface area (Å²) >= 11 is 3.40. The number of carbonyl (C=O) groups excluding carboxylic acids is 1. The molecule has 0 aromatic heterocycles. The number of ether oxygens (including phenoxy) is 2. The molecule has 0 saturated carbocycles. The second-order valence-corrected chi connectivity index (χ2v) is 6.18. The Morgan fingerprint density at radius 3 is 2.17 bits per heavy atom. The summed E-state index contributed by atoms with van der Waals surface area (Å²) in [5.41, 5.74) is 2.38. The highest BCUT2D eigenvalue weighted by Crippen LogP contribution is 2.36. The van der Waals surface area contributed by atoms with Gasteiger partial charge in [-0.2, -0.15) is 0 Å². The van der Waals surface area contributed by atoms with Crippen LogP contribution in [0.4, 0.5) is 5.69 Å². The fourth-order valence-corrected chi connectivity index (χ4v) is 2.86. The number of benzene rings is 2. The van der Waals surface area contributed by atoms with Crippen molar-refractivity contribution >= 4 is 27.5 Å². The molecule has 1 N–H and O–H groups in total. The number of hydrogen-bond acceptors (Lipinski definition) is 3. The summed E-state index contributed by atoms with van der Waals surface area (Å²) in [4.78, 5) is 12.6. The number of anilines is 1. The Labute approximate surface area is 144 Å². The maximum Gasteiger partial charge on any atom is 0.255 e. The molecule has 0 aliphatic heterocycles. The van der Waals surface area contributed by atoms with Crippen molar-refractivity contribution in [3.63, 3.8) is 0 Å². The molecule has 0 aliphatic rings. The van der Waals surface area contributed by atoms with E-state index in [9.17, 15) is 4.79 Å². The lowest BCUT2D eigenvalue weighted by atomic mass is 10.0. The minimum atomic E-state index is -0.206. The normalized spacial score (nSPS) is 10.5. The van der Waals surface area contributed by atoms with Crippen LogP contribution in [0.3, 0.4) is 0 Å². The highest BCUT2D eigenvalue weighted by Gasteiger charge is 2.16. The van der Waals surface area contributed by atoms with Crippen LogP contribution in [0.25, 0.3) is 0 Å². The van der Waals surface area contributed by atoms with Crippen molar-refractivity contribution in [3.05, 3.63) is 52.0 Å². The van der Waals surface area contributed by atoms with Crippen molar-refractivity contribution in [2.75, 3.05) is 19.5 Å². The summed E-state index contributed by atoms with van der Waals surface area (Å²) in [6.07, 6.45) is 0. The predicted molar refractivity (Wildman–Crippen MR) is 95.7 cm³/mol. The van der Waals surface area contributed by atoms with Gasteiger partial charge in [0, 0.05) is 11.3 Å². The fourth-order valence-electron chi connectivity index (χ4n) is 2.31. The second-order valence-electron chi connectivity index (χ2n) is 5.39. The van der Waals surface area contributed by atoms with Crippen LogP contribution in [0.15, 0.2) is 40.9 Å². The smallest absolute Gasteiger partial charge is 0.255 e. The Morgan fingerprint density at radius 1 is 1.09 bits per heavy atom. The minimum Gasteiger partial charge on any atom is -0.495 e. The molecule has 23 heavy (non-hydrogen) atoms. The van der Waals surface area contributed by atoms with Gasteiger partial charge in [-0.05, 0) is 45.6 Å². The van der Waals surface area contributed by atoms with Gasteiger partial charge in [0.25, 0.3) is 5.91 Å². The molecular formula is C18H20BrNO3. The summed E-state index contributed by atoms with van der Waals surface area (Å²) in [5.74, 6) is 1.21. The average molecular weight is 378 g/mol. The van der Waals surface area contributed by atoms with Crippen LogP contribution < -0.4 is 14.8 Å². The first kappa shape index (κ1) is 17.3. The molecule has 0 aliphatic carbocycles. The zero-order chi connectivity index (χ0) is 17.0. The van der Waals surface area contributed by atoms with Gasteiger partial charge >= 0.3 is 0 Å². The largest absolute Gasteiger partial charge is 0.495 e. The van der Waals surface area contributed by atoms with Crippen LogP contribution >= 0.6 is 15.9 Å². The second kappa shape index (κ2) is 7.51. The van der Waals surface area contributed by atoms with Crippen LogP contribution in [0.2, 0.25) is 0 Å². The van der Waals surface area contributed by atoms with Crippen LogP contribution in [-0.4, -0.2) is 20.1 Å². The summed E-state index contributed by atoms with van der Waals surface area (Å²) in [6.45, 7) is 4.19. The zero-order valence-corrected chi connectivity index (χ0v) is 15.2. The predicted octanol–water partition coefficient (Wildman–Crippen LogP) is 4.84. The molecule has 4 nitrogen and oxygen atoms in total. The summed E-state index contributed by atoms with van der Waals surface area (Å²) < 4.78 is 11.2. The highest BCUT2D eigenvalue weighted by molar-refractivity contribution is 9.10. The molecule has 2 rings (SSSR count). The summed E-state index contributed by atoms with van der Waals surface area (Å²) in [7, 11) is 3.10. The third-order valence-electron chi connectivity index (χ3n) is 3.54. The number of methoxy groups -OCH3 is 2. The molecule has 122 valence electrons.